The Bertz CT molecular complexity index is 1600. The van der Waals surface area contributed by atoms with Gasteiger partial charge in [0.2, 0.25) is 5.88 Å². The Morgan fingerprint density at radius 1 is 1.08 bits per heavy atom. The molecule has 0 spiro atoms. The molecule has 5 nitrogen and oxygen atoms in total. The van der Waals surface area contributed by atoms with E-state index in [0.717, 1.165) is 28.5 Å². The summed E-state index contributed by atoms with van der Waals surface area (Å²) >= 11 is 0. The molecule has 6 rings (SSSR count). The number of aryl methyl sites for hydroxylation is 1. The van der Waals surface area contributed by atoms with Crippen molar-refractivity contribution in [2.45, 2.75) is 65.0 Å². The van der Waals surface area contributed by atoms with Crippen LogP contribution in [0.4, 0.5) is 0 Å². The largest absolute Gasteiger partial charge is 0.511 e. The topological polar surface area (TPSA) is 63.9 Å². The van der Waals surface area contributed by atoms with Crippen molar-refractivity contribution in [3.8, 4) is 17.4 Å². The summed E-state index contributed by atoms with van der Waals surface area (Å²) in [6.07, 6.45) is 0.838. The van der Waals surface area contributed by atoms with Gasteiger partial charge < -0.3 is 14.6 Å². The van der Waals surface area contributed by atoms with Gasteiger partial charge in [0.05, 0.1) is 0 Å². The minimum atomic E-state index is -0.402. The summed E-state index contributed by atoms with van der Waals surface area (Å²) in [6.45, 7) is 12.9. The van der Waals surface area contributed by atoms with Crippen LogP contribution < -0.4 is 4.74 Å². The predicted molar refractivity (Wildman–Crippen MR) is 150 cm³/mol. The van der Waals surface area contributed by atoms with E-state index < -0.39 is 5.60 Å². The van der Waals surface area contributed by atoms with Gasteiger partial charge in [0, 0.05) is 44.7 Å². The standard InChI is InChI=1S/C33H33N2O3.Pt/c1-19(2)33-18-22-9-7-8-10-26(22)30(33)35-31(38-33)23-15-24(32(4,5)6)17-25(16-23)37-28-12-11-21-13-20(3)14-27(36)29(21)34-28;/h7-15,17,19,30,36H,18H2,1-6H3;/q-1;/t30-,33-;/m0./s1. The third kappa shape index (κ3) is 4.76. The summed E-state index contributed by atoms with van der Waals surface area (Å²) in [6, 6.07) is 23.4. The number of pyridine rings is 1. The zero-order chi connectivity index (χ0) is 26.8. The molecule has 2 atom stereocenters. The van der Waals surface area contributed by atoms with Crippen molar-refractivity contribution in [3.63, 3.8) is 0 Å². The van der Waals surface area contributed by atoms with Crippen LogP contribution in [0.3, 0.4) is 0 Å². The number of hydrogen-bond donors (Lipinski definition) is 1. The molecule has 1 aliphatic heterocycles. The van der Waals surface area contributed by atoms with E-state index in [4.69, 9.17) is 14.5 Å². The first-order chi connectivity index (χ1) is 18.0. The van der Waals surface area contributed by atoms with Gasteiger partial charge in [0.1, 0.15) is 28.8 Å². The van der Waals surface area contributed by atoms with Gasteiger partial charge in [0.25, 0.3) is 0 Å². The van der Waals surface area contributed by atoms with Crippen LogP contribution in [0.25, 0.3) is 10.9 Å². The molecule has 1 aliphatic carbocycles. The quantitative estimate of drug-likeness (QED) is 0.223. The third-order valence-corrected chi connectivity index (χ3v) is 7.84. The Morgan fingerprint density at radius 2 is 1.85 bits per heavy atom. The van der Waals surface area contributed by atoms with Crippen LogP contribution >= 0.6 is 0 Å². The Labute approximate surface area is 244 Å². The van der Waals surface area contributed by atoms with Gasteiger partial charge in [-0.3, -0.25) is 4.99 Å². The van der Waals surface area contributed by atoms with Crippen LogP contribution in [0.1, 0.15) is 68.5 Å². The molecule has 0 saturated heterocycles. The number of aromatic nitrogens is 1. The van der Waals surface area contributed by atoms with Gasteiger partial charge in [-0.05, 0) is 53.1 Å². The van der Waals surface area contributed by atoms with Crippen molar-refractivity contribution in [3.05, 3.63) is 94.5 Å². The number of aliphatic imine (C=N–C) groups is 1. The normalized spacial score (nSPS) is 19.8. The Morgan fingerprint density at radius 3 is 2.59 bits per heavy atom. The van der Waals surface area contributed by atoms with Crippen LogP contribution in [0, 0.1) is 18.9 Å². The van der Waals surface area contributed by atoms with Crippen LogP contribution in [0.15, 0.2) is 65.7 Å². The molecule has 2 aliphatic rings. The van der Waals surface area contributed by atoms with Gasteiger partial charge in [-0.2, -0.15) is 0 Å². The zero-order valence-corrected chi connectivity index (χ0v) is 25.4. The number of hydrogen-bond acceptors (Lipinski definition) is 5. The molecule has 2 heterocycles. The molecule has 204 valence electrons. The fourth-order valence-corrected chi connectivity index (χ4v) is 5.64. The SMILES string of the molecule is Cc1cc(O)c2nc(Oc3[c-]c(C4=N[C@H]5c6ccccc6C[C@@]5(C(C)C)O4)cc(C(C)(C)C)c3)ccc2c1.[Pt]. The maximum Gasteiger partial charge on any atom is 0.217 e. The molecule has 6 heteroatoms. The van der Waals surface area contributed by atoms with E-state index in [9.17, 15) is 5.11 Å². The second kappa shape index (κ2) is 9.78. The summed E-state index contributed by atoms with van der Waals surface area (Å²) in [4.78, 5) is 9.73. The van der Waals surface area contributed by atoms with E-state index in [0.29, 0.717) is 23.0 Å². The van der Waals surface area contributed by atoms with Gasteiger partial charge in [-0.1, -0.05) is 76.6 Å². The second-order valence-corrected chi connectivity index (χ2v) is 11.9. The first-order valence-corrected chi connectivity index (χ1v) is 13.2. The van der Waals surface area contributed by atoms with E-state index in [1.54, 1.807) is 6.07 Å². The Balaban J connectivity index is 0.00000308. The Kier molecular flexibility index (Phi) is 6.87. The summed E-state index contributed by atoms with van der Waals surface area (Å²) in [5, 5.41) is 11.3. The van der Waals surface area contributed by atoms with Crippen LogP contribution in [0.2, 0.25) is 0 Å². The second-order valence-electron chi connectivity index (χ2n) is 11.9. The molecular weight excluding hydrogens is 667 g/mol. The molecule has 0 radical (unpaired) electrons. The molecule has 0 unspecified atom stereocenters. The van der Waals surface area contributed by atoms with Gasteiger partial charge >= 0.3 is 0 Å². The van der Waals surface area contributed by atoms with E-state index in [1.807, 2.05) is 31.2 Å². The Hall–Kier alpha value is -3.17. The van der Waals surface area contributed by atoms with Crippen molar-refractivity contribution >= 4 is 16.8 Å². The summed E-state index contributed by atoms with van der Waals surface area (Å²) < 4.78 is 13.0. The summed E-state index contributed by atoms with van der Waals surface area (Å²) in [7, 11) is 0. The molecule has 1 N–H and O–H groups in total. The molecule has 1 aromatic heterocycles. The molecule has 4 aromatic rings. The van der Waals surface area contributed by atoms with Crippen molar-refractivity contribution < 1.29 is 35.6 Å². The van der Waals surface area contributed by atoms with E-state index in [-0.39, 0.29) is 44.2 Å². The number of aromatic hydroxyl groups is 1. The maximum atomic E-state index is 10.4. The fraction of sp³-hybridized carbons (Fsp3) is 0.333. The van der Waals surface area contributed by atoms with Crippen LogP contribution in [0.5, 0.6) is 17.4 Å². The van der Waals surface area contributed by atoms with Crippen LogP contribution in [-0.2, 0) is 37.6 Å². The third-order valence-electron chi connectivity index (χ3n) is 7.84. The first kappa shape index (κ1) is 27.4. The van der Waals surface area contributed by atoms with Crippen molar-refractivity contribution in [1.82, 2.24) is 4.98 Å². The van der Waals surface area contributed by atoms with Crippen molar-refractivity contribution in [1.29, 1.82) is 0 Å². The monoisotopic (exact) mass is 700 g/mol. The van der Waals surface area contributed by atoms with E-state index in [2.05, 4.69) is 76.0 Å². The van der Waals surface area contributed by atoms with E-state index >= 15 is 0 Å². The zero-order valence-electron chi connectivity index (χ0n) is 23.1. The minimum absolute atomic E-state index is 0. The smallest absolute Gasteiger partial charge is 0.217 e. The van der Waals surface area contributed by atoms with Crippen molar-refractivity contribution in [2.24, 2.45) is 10.9 Å². The fourth-order valence-electron chi connectivity index (χ4n) is 5.64. The molecule has 0 saturated carbocycles. The van der Waals surface area contributed by atoms with Gasteiger partial charge in [0.15, 0.2) is 0 Å². The molecule has 0 bridgehead atoms. The first-order valence-electron chi connectivity index (χ1n) is 13.2. The van der Waals surface area contributed by atoms with Gasteiger partial charge in [-0.25, -0.2) is 4.98 Å². The average molecular weight is 701 g/mol. The minimum Gasteiger partial charge on any atom is -0.511 e. The predicted octanol–water partition coefficient (Wildman–Crippen LogP) is 7.61. The number of benzene rings is 3. The molecule has 3 aromatic carbocycles. The van der Waals surface area contributed by atoms with Crippen molar-refractivity contribution in [2.75, 3.05) is 0 Å². The summed E-state index contributed by atoms with van der Waals surface area (Å²) in [5.41, 5.74) is 5.37. The number of nitrogens with zero attached hydrogens (tertiary/aromatic N) is 2. The van der Waals surface area contributed by atoms with Gasteiger partial charge in [-0.15, -0.1) is 11.6 Å². The molecule has 0 amide bonds. The van der Waals surface area contributed by atoms with Crippen LogP contribution in [-0.4, -0.2) is 21.6 Å². The number of phenols is 1. The molecular formula is C33H33N2O3Pt-. The number of fused-ring (bicyclic) bond motifs is 4. The summed E-state index contributed by atoms with van der Waals surface area (Å²) in [5.74, 6) is 1.95. The molecule has 0 fully saturated rings. The van der Waals surface area contributed by atoms with E-state index in [1.165, 1.54) is 11.1 Å². The molecule has 39 heavy (non-hydrogen) atoms. The average Bonchev–Trinajstić information content (AvgIpc) is 3.39. The number of ether oxygens (including phenoxy) is 2. The maximum absolute atomic E-state index is 10.4. The number of phenolic OH excluding ortho intramolecular Hbond substituents is 1. The number of rotatable bonds is 4.